The summed E-state index contributed by atoms with van der Waals surface area (Å²) in [6, 6.07) is 0. The zero-order valence-electron chi connectivity index (χ0n) is 11.5. The Morgan fingerprint density at radius 3 is 2.59 bits per heavy atom. The molecule has 100 valence electrons. The maximum absolute atomic E-state index is 11.6. The second-order valence-corrected chi connectivity index (χ2v) is 5.68. The highest BCUT2D eigenvalue weighted by Crippen LogP contribution is 2.35. The molecule has 1 aliphatic rings. The predicted octanol–water partition coefficient (Wildman–Crippen LogP) is 3.57. The summed E-state index contributed by atoms with van der Waals surface area (Å²) in [5, 5.41) is 9.29. The molecule has 0 aromatic heterocycles. The molecule has 0 amide bonds. The van der Waals surface area contributed by atoms with Crippen molar-refractivity contribution in [3.8, 4) is 0 Å². The van der Waals surface area contributed by atoms with Gasteiger partial charge in [-0.1, -0.05) is 26.2 Å². The molecule has 0 aromatic rings. The van der Waals surface area contributed by atoms with E-state index >= 15 is 0 Å². The molecular weight excluding hydrogens is 212 g/mol. The Morgan fingerprint density at radius 1 is 1.29 bits per heavy atom. The lowest BCUT2D eigenvalue weighted by Gasteiger charge is -2.30. The molecular formula is C15H28O2. The highest BCUT2D eigenvalue weighted by Gasteiger charge is 2.28. The van der Waals surface area contributed by atoms with Crippen molar-refractivity contribution in [1.82, 2.24) is 0 Å². The zero-order valence-corrected chi connectivity index (χ0v) is 11.5. The third-order valence-corrected chi connectivity index (χ3v) is 4.33. The van der Waals surface area contributed by atoms with E-state index in [1.165, 1.54) is 19.3 Å². The maximum atomic E-state index is 11.6. The molecule has 3 atom stereocenters. The number of aliphatic hydroxyl groups is 1. The molecule has 0 saturated heterocycles. The van der Waals surface area contributed by atoms with Gasteiger partial charge >= 0.3 is 0 Å². The first-order valence-electron chi connectivity index (χ1n) is 7.30. The van der Waals surface area contributed by atoms with Crippen molar-refractivity contribution >= 4 is 5.78 Å². The van der Waals surface area contributed by atoms with Crippen LogP contribution in [0, 0.1) is 17.8 Å². The van der Waals surface area contributed by atoms with E-state index in [1.54, 1.807) is 6.92 Å². The molecule has 0 radical (unpaired) electrons. The highest BCUT2D eigenvalue weighted by molar-refractivity contribution is 5.78. The Labute approximate surface area is 106 Å². The minimum absolute atomic E-state index is 0.310. The third-order valence-electron chi connectivity index (χ3n) is 4.33. The fourth-order valence-electron chi connectivity index (χ4n) is 3.27. The van der Waals surface area contributed by atoms with Crippen LogP contribution in [0.25, 0.3) is 0 Å². The van der Waals surface area contributed by atoms with Gasteiger partial charge in [-0.15, -0.1) is 0 Å². The Kier molecular flexibility index (Phi) is 6.79. The molecule has 3 unspecified atom stereocenters. The lowest BCUT2D eigenvalue weighted by molar-refractivity contribution is -0.123. The van der Waals surface area contributed by atoms with E-state index in [-0.39, 0.29) is 0 Å². The monoisotopic (exact) mass is 240 g/mol. The standard InChI is InChI=1S/C15H28O2/c1-3-6-13(11-16)9-10-14-7-4-5-8-15(14)12(2)17/h13-16H,3-11H2,1-2H3. The van der Waals surface area contributed by atoms with Gasteiger partial charge in [-0.25, -0.2) is 0 Å². The summed E-state index contributed by atoms with van der Waals surface area (Å²) >= 11 is 0. The van der Waals surface area contributed by atoms with Gasteiger partial charge in [0.1, 0.15) is 5.78 Å². The summed E-state index contributed by atoms with van der Waals surface area (Å²) < 4.78 is 0. The van der Waals surface area contributed by atoms with Crippen molar-refractivity contribution in [2.45, 2.75) is 65.2 Å². The van der Waals surface area contributed by atoms with Gasteiger partial charge in [-0.05, 0) is 50.9 Å². The van der Waals surface area contributed by atoms with Gasteiger partial charge in [0, 0.05) is 12.5 Å². The van der Waals surface area contributed by atoms with Crippen LogP contribution < -0.4 is 0 Å². The molecule has 0 spiro atoms. The highest BCUT2D eigenvalue weighted by atomic mass is 16.3. The summed E-state index contributed by atoms with van der Waals surface area (Å²) in [5.41, 5.74) is 0. The van der Waals surface area contributed by atoms with Crippen LogP contribution >= 0.6 is 0 Å². The molecule has 1 aliphatic carbocycles. The molecule has 1 fully saturated rings. The predicted molar refractivity (Wildman–Crippen MR) is 70.8 cm³/mol. The van der Waals surface area contributed by atoms with Crippen molar-refractivity contribution in [2.75, 3.05) is 6.61 Å². The molecule has 0 heterocycles. The normalized spacial score (nSPS) is 26.8. The molecule has 0 aromatic carbocycles. The zero-order chi connectivity index (χ0) is 12.7. The number of hydrogen-bond acceptors (Lipinski definition) is 2. The van der Waals surface area contributed by atoms with Crippen LogP contribution in [-0.2, 0) is 4.79 Å². The number of carbonyl (C=O) groups is 1. The summed E-state index contributed by atoms with van der Waals surface area (Å²) in [6.07, 6.45) is 9.31. The number of hydrogen-bond donors (Lipinski definition) is 1. The van der Waals surface area contributed by atoms with Crippen LogP contribution in [0.15, 0.2) is 0 Å². The van der Waals surface area contributed by atoms with Crippen molar-refractivity contribution in [3.63, 3.8) is 0 Å². The number of carbonyl (C=O) groups excluding carboxylic acids is 1. The maximum Gasteiger partial charge on any atom is 0.133 e. The van der Waals surface area contributed by atoms with Crippen LogP contribution in [0.1, 0.15) is 65.2 Å². The fourth-order valence-corrected chi connectivity index (χ4v) is 3.27. The van der Waals surface area contributed by atoms with Crippen molar-refractivity contribution in [3.05, 3.63) is 0 Å². The molecule has 1 N–H and O–H groups in total. The second kappa shape index (κ2) is 7.86. The van der Waals surface area contributed by atoms with Gasteiger partial charge in [0.2, 0.25) is 0 Å². The number of rotatable bonds is 7. The van der Waals surface area contributed by atoms with E-state index in [0.29, 0.717) is 30.1 Å². The minimum atomic E-state index is 0.310. The summed E-state index contributed by atoms with van der Waals surface area (Å²) in [4.78, 5) is 11.6. The van der Waals surface area contributed by atoms with E-state index < -0.39 is 0 Å². The van der Waals surface area contributed by atoms with Crippen LogP contribution in [0.2, 0.25) is 0 Å². The third kappa shape index (κ3) is 4.79. The van der Waals surface area contributed by atoms with Gasteiger partial charge in [0.25, 0.3) is 0 Å². The van der Waals surface area contributed by atoms with Crippen LogP contribution in [0.3, 0.4) is 0 Å². The Morgan fingerprint density at radius 2 is 2.00 bits per heavy atom. The SMILES string of the molecule is CCCC(CO)CCC1CCCCC1C(C)=O. The number of ketones is 1. The smallest absolute Gasteiger partial charge is 0.133 e. The van der Waals surface area contributed by atoms with Gasteiger partial charge in [-0.3, -0.25) is 4.79 Å². The summed E-state index contributed by atoms with van der Waals surface area (Å²) in [7, 11) is 0. The average Bonchev–Trinajstić information content (AvgIpc) is 2.34. The topological polar surface area (TPSA) is 37.3 Å². The van der Waals surface area contributed by atoms with Gasteiger partial charge in [0.05, 0.1) is 0 Å². The van der Waals surface area contributed by atoms with Crippen molar-refractivity contribution < 1.29 is 9.90 Å². The largest absolute Gasteiger partial charge is 0.396 e. The molecule has 2 heteroatoms. The lowest BCUT2D eigenvalue weighted by Crippen LogP contribution is -2.26. The molecule has 1 saturated carbocycles. The summed E-state index contributed by atoms with van der Waals surface area (Å²) in [5.74, 6) is 1.73. The van der Waals surface area contributed by atoms with Gasteiger partial charge < -0.3 is 5.11 Å². The quantitative estimate of drug-likeness (QED) is 0.738. The van der Waals surface area contributed by atoms with E-state index in [2.05, 4.69) is 6.92 Å². The molecule has 0 bridgehead atoms. The van der Waals surface area contributed by atoms with E-state index in [0.717, 1.165) is 32.1 Å². The molecule has 0 aliphatic heterocycles. The van der Waals surface area contributed by atoms with E-state index in [9.17, 15) is 9.90 Å². The number of Topliss-reactive ketones (excluding diaryl/α,β-unsaturated/α-hetero) is 1. The first-order chi connectivity index (χ1) is 8.19. The van der Waals surface area contributed by atoms with Crippen LogP contribution in [0.5, 0.6) is 0 Å². The second-order valence-electron chi connectivity index (χ2n) is 5.68. The first-order valence-corrected chi connectivity index (χ1v) is 7.30. The average molecular weight is 240 g/mol. The minimum Gasteiger partial charge on any atom is -0.396 e. The van der Waals surface area contributed by atoms with Crippen LogP contribution in [0.4, 0.5) is 0 Å². The first kappa shape index (κ1) is 14.7. The van der Waals surface area contributed by atoms with Crippen molar-refractivity contribution in [2.24, 2.45) is 17.8 Å². The molecule has 17 heavy (non-hydrogen) atoms. The fraction of sp³-hybridized carbons (Fsp3) is 0.933. The molecule has 2 nitrogen and oxygen atoms in total. The Hall–Kier alpha value is -0.370. The number of aliphatic hydroxyl groups excluding tert-OH is 1. The molecule has 1 rings (SSSR count). The van der Waals surface area contributed by atoms with Crippen molar-refractivity contribution in [1.29, 1.82) is 0 Å². The summed E-state index contributed by atoms with van der Waals surface area (Å²) in [6.45, 7) is 4.23. The van der Waals surface area contributed by atoms with E-state index in [1.807, 2.05) is 0 Å². The van der Waals surface area contributed by atoms with Gasteiger partial charge in [-0.2, -0.15) is 0 Å². The van der Waals surface area contributed by atoms with Crippen LogP contribution in [-0.4, -0.2) is 17.5 Å². The lowest BCUT2D eigenvalue weighted by atomic mass is 9.74. The Bertz CT molecular complexity index is 225. The Balaban J connectivity index is 2.39. The van der Waals surface area contributed by atoms with Gasteiger partial charge in [0.15, 0.2) is 0 Å². The van der Waals surface area contributed by atoms with E-state index in [4.69, 9.17) is 0 Å².